The molecule has 0 spiro atoms. The van der Waals surface area contributed by atoms with Crippen LogP contribution in [0.5, 0.6) is 0 Å². The van der Waals surface area contributed by atoms with Crippen molar-refractivity contribution in [3.8, 4) is 0 Å². The van der Waals surface area contributed by atoms with E-state index in [0.717, 1.165) is 11.3 Å². The molecule has 0 heterocycles. The largest absolute Gasteiger partial charge is 0.326 e. The predicted molar refractivity (Wildman–Crippen MR) is 104 cm³/mol. The number of anilines is 1. The van der Waals surface area contributed by atoms with Gasteiger partial charge in [-0.2, -0.15) is 5.10 Å². The minimum absolute atomic E-state index is 0.129. The number of hydrazone groups is 1. The zero-order valence-electron chi connectivity index (χ0n) is 14.3. The first-order valence-electron chi connectivity index (χ1n) is 7.87. The third-order valence-corrected chi connectivity index (χ3v) is 4.30. The SMILES string of the molecule is CC(=O)Nc1cccc(/C(C)=N/NC(=O)CSCc2ccccc2)c1. The third-order valence-electron chi connectivity index (χ3n) is 3.29. The van der Waals surface area contributed by atoms with Gasteiger partial charge < -0.3 is 5.32 Å². The number of carbonyl (C=O) groups excluding carboxylic acids is 2. The lowest BCUT2D eigenvalue weighted by Crippen LogP contribution is -2.21. The fourth-order valence-corrected chi connectivity index (χ4v) is 2.88. The van der Waals surface area contributed by atoms with Crippen molar-refractivity contribution in [3.63, 3.8) is 0 Å². The lowest BCUT2D eigenvalue weighted by molar-refractivity contribution is -0.118. The van der Waals surface area contributed by atoms with Crippen molar-refractivity contribution < 1.29 is 9.59 Å². The summed E-state index contributed by atoms with van der Waals surface area (Å²) in [5, 5.41) is 6.86. The monoisotopic (exact) mass is 355 g/mol. The summed E-state index contributed by atoms with van der Waals surface area (Å²) in [5.41, 5.74) is 5.97. The maximum Gasteiger partial charge on any atom is 0.250 e. The molecular weight excluding hydrogens is 334 g/mol. The smallest absolute Gasteiger partial charge is 0.250 e. The predicted octanol–water partition coefficient (Wildman–Crippen LogP) is 3.42. The van der Waals surface area contributed by atoms with E-state index in [4.69, 9.17) is 0 Å². The molecule has 2 aromatic carbocycles. The van der Waals surface area contributed by atoms with Crippen molar-refractivity contribution in [2.75, 3.05) is 11.1 Å². The van der Waals surface area contributed by atoms with Crippen molar-refractivity contribution >= 4 is 35.0 Å². The first-order chi connectivity index (χ1) is 12.0. The maximum atomic E-state index is 11.9. The summed E-state index contributed by atoms with van der Waals surface area (Å²) in [5.74, 6) is 0.863. The molecule has 0 saturated heterocycles. The Kier molecular flexibility index (Phi) is 7.22. The molecule has 0 fully saturated rings. The van der Waals surface area contributed by atoms with Crippen LogP contribution < -0.4 is 10.7 Å². The van der Waals surface area contributed by atoms with Crippen LogP contribution in [0.4, 0.5) is 5.69 Å². The highest BCUT2D eigenvalue weighted by atomic mass is 32.2. The summed E-state index contributed by atoms with van der Waals surface area (Å²) in [6.07, 6.45) is 0. The Bertz CT molecular complexity index is 760. The van der Waals surface area contributed by atoms with Crippen LogP contribution >= 0.6 is 11.8 Å². The second-order valence-electron chi connectivity index (χ2n) is 5.47. The number of hydrogen-bond donors (Lipinski definition) is 2. The Hall–Kier alpha value is -2.60. The van der Waals surface area contributed by atoms with E-state index in [9.17, 15) is 9.59 Å². The van der Waals surface area contributed by atoms with Gasteiger partial charge in [0.15, 0.2) is 0 Å². The zero-order chi connectivity index (χ0) is 18.1. The molecule has 0 saturated carbocycles. The van der Waals surface area contributed by atoms with Crippen LogP contribution in [-0.4, -0.2) is 23.3 Å². The number of carbonyl (C=O) groups is 2. The molecular formula is C19H21N3O2S. The van der Waals surface area contributed by atoms with Gasteiger partial charge in [0, 0.05) is 18.4 Å². The van der Waals surface area contributed by atoms with Gasteiger partial charge in [-0.3, -0.25) is 9.59 Å². The average molecular weight is 355 g/mol. The first kappa shape index (κ1) is 18.7. The molecule has 2 amide bonds. The molecule has 0 aliphatic rings. The van der Waals surface area contributed by atoms with Gasteiger partial charge >= 0.3 is 0 Å². The highest BCUT2D eigenvalue weighted by Gasteiger charge is 2.04. The van der Waals surface area contributed by atoms with E-state index >= 15 is 0 Å². The maximum absolute atomic E-state index is 11.9. The van der Waals surface area contributed by atoms with E-state index in [0.29, 0.717) is 17.2 Å². The summed E-state index contributed by atoms with van der Waals surface area (Å²) in [4.78, 5) is 23.0. The van der Waals surface area contributed by atoms with Gasteiger partial charge in [-0.05, 0) is 30.2 Å². The van der Waals surface area contributed by atoms with Gasteiger partial charge in [-0.15, -0.1) is 11.8 Å². The number of rotatable bonds is 7. The Balaban J connectivity index is 1.83. The van der Waals surface area contributed by atoms with Gasteiger partial charge in [-0.25, -0.2) is 5.43 Å². The third kappa shape index (κ3) is 6.81. The van der Waals surface area contributed by atoms with Crippen LogP contribution in [0.3, 0.4) is 0 Å². The van der Waals surface area contributed by atoms with Gasteiger partial charge in [0.25, 0.3) is 0 Å². The van der Waals surface area contributed by atoms with Crippen molar-refractivity contribution in [3.05, 3.63) is 65.7 Å². The van der Waals surface area contributed by atoms with Gasteiger partial charge in [0.1, 0.15) is 0 Å². The summed E-state index contributed by atoms with van der Waals surface area (Å²) in [7, 11) is 0. The van der Waals surface area contributed by atoms with E-state index in [2.05, 4.69) is 15.8 Å². The molecule has 25 heavy (non-hydrogen) atoms. The summed E-state index contributed by atoms with van der Waals surface area (Å²) < 4.78 is 0. The van der Waals surface area contributed by atoms with Crippen LogP contribution in [0.15, 0.2) is 59.7 Å². The molecule has 130 valence electrons. The lowest BCUT2D eigenvalue weighted by Gasteiger charge is -2.06. The normalized spacial score (nSPS) is 11.0. The Labute approximate surface area is 151 Å². The molecule has 6 heteroatoms. The summed E-state index contributed by atoms with van der Waals surface area (Å²) in [6.45, 7) is 3.27. The molecule has 0 radical (unpaired) electrons. The Morgan fingerprint density at radius 2 is 1.80 bits per heavy atom. The second-order valence-corrected chi connectivity index (χ2v) is 6.46. The van der Waals surface area contributed by atoms with Gasteiger partial charge in [0.05, 0.1) is 11.5 Å². The number of nitrogens with one attached hydrogen (secondary N) is 2. The number of nitrogens with zero attached hydrogens (tertiary/aromatic N) is 1. The molecule has 2 N–H and O–H groups in total. The molecule has 0 aromatic heterocycles. The Morgan fingerprint density at radius 1 is 1.04 bits per heavy atom. The number of amides is 2. The minimum Gasteiger partial charge on any atom is -0.326 e. The van der Waals surface area contributed by atoms with Crippen molar-refractivity contribution in [1.82, 2.24) is 5.43 Å². The van der Waals surface area contributed by atoms with Gasteiger partial charge in [0.2, 0.25) is 11.8 Å². The van der Waals surface area contributed by atoms with E-state index in [1.165, 1.54) is 12.5 Å². The van der Waals surface area contributed by atoms with Crippen LogP contribution in [0.25, 0.3) is 0 Å². The van der Waals surface area contributed by atoms with Crippen molar-refractivity contribution in [2.24, 2.45) is 5.10 Å². The first-order valence-corrected chi connectivity index (χ1v) is 9.03. The lowest BCUT2D eigenvalue weighted by atomic mass is 10.1. The fourth-order valence-electron chi connectivity index (χ4n) is 2.10. The van der Waals surface area contributed by atoms with Crippen LogP contribution in [-0.2, 0) is 15.3 Å². The quantitative estimate of drug-likeness (QED) is 0.590. The number of benzene rings is 2. The number of hydrogen-bond acceptors (Lipinski definition) is 4. The summed E-state index contributed by atoms with van der Waals surface area (Å²) in [6, 6.07) is 17.3. The Morgan fingerprint density at radius 3 is 2.52 bits per heavy atom. The minimum atomic E-state index is -0.140. The summed E-state index contributed by atoms with van der Waals surface area (Å²) >= 11 is 1.54. The number of thioether (sulfide) groups is 1. The molecule has 2 aromatic rings. The topological polar surface area (TPSA) is 70.6 Å². The van der Waals surface area contributed by atoms with E-state index in [1.54, 1.807) is 17.8 Å². The molecule has 0 atom stereocenters. The van der Waals surface area contributed by atoms with Crippen molar-refractivity contribution in [2.45, 2.75) is 19.6 Å². The van der Waals surface area contributed by atoms with Crippen LogP contribution in [0, 0.1) is 0 Å². The molecule has 0 bridgehead atoms. The standard InChI is InChI=1S/C19H21N3O2S/c1-14(17-9-6-10-18(11-17)20-15(2)23)21-22-19(24)13-25-12-16-7-4-3-5-8-16/h3-11H,12-13H2,1-2H3,(H,20,23)(H,22,24)/b21-14+. The highest BCUT2D eigenvalue weighted by molar-refractivity contribution is 7.99. The van der Waals surface area contributed by atoms with Crippen LogP contribution in [0.1, 0.15) is 25.0 Å². The van der Waals surface area contributed by atoms with E-state index in [-0.39, 0.29) is 11.8 Å². The van der Waals surface area contributed by atoms with Crippen molar-refractivity contribution in [1.29, 1.82) is 0 Å². The molecule has 5 nitrogen and oxygen atoms in total. The van der Waals surface area contributed by atoms with E-state index in [1.807, 2.05) is 55.5 Å². The second kappa shape index (κ2) is 9.64. The highest BCUT2D eigenvalue weighted by Crippen LogP contribution is 2.12. The molecule has 0 aliphatic carbocycles. The average Bonchev–Trinajstić information content (AvgIpc) is 2.60. The van der Waals surface area contributed by atoms with Crippen LogP contribution in [0.2, 0.25) is 0 Å². The molecule has 2 rings (SSSR count). The van der Waals surface area contributed by atoms with E-state index < -0.39 is 0 Å². The molecule has 0 unspecified atom stereocenters. The zero-order valence-corrected chi connectivity index (χ0v) is 15.1. The van der Waals surface area contributed by atoms with Gasteiger partial charge in [-0.1, -0.05) is 42.5 Å². The fraction of sp³-hybridized carbons (Fsp3) is 0.211. The molecule has 0 aliphatic heterocycles.